The van der Waals surface area contributed by atoms with Gasteiger partial charge in [-0.05, 0) is 58.0 Å². The Labute approximate surface area is 239 Å². The van der Waals surface area contributed by atoms with Gasteiger partial charge in [-0.1, -0.05) is 130 Å². The zero-order valence-corrected chi connectivity index (χ0v) is 26.3. The van der Waals surface area contributed by atoms with Crippen LogP contribution < -0.4 is 0 Å². The van der Waals surface area contributed by atoms with Crippen LogP contribution in [0.2, 0.25) is 0 Å². The predicted octanol–water partition coefficient (Wildman–Crippen LogP) is 10.0. The molecule has 1 unspecified atom stereocenters. The van der Waals surface area contributed by atoms with Crippen LogP contribution in [0.25, 0.3) is 0 Å². The molecule has 1 atom stereocenters. The van der Waals surface area contributed by atoms with Crippen LogP contribution in [0, 0.1) is 0 Å². The lowest BCUT2D eigenvalue weighted by atomic mass is 10.0. The van der Waals surface area contributed by atoms with Crippen molar-refractivity contribution >= 4 is 5.97 Å². The second-order valence-electron chi connectivity index (χ2n) is 11.7. The number of aliphatic hydroxyl groups excluding tert-OH is 1. The van der Waals surface area contributed by atoms with E-state index in [0.717, 1.165) is 45.3 Å². The molecule has 0 aliphatic rings. The summed E-state index contributed by atoms with van der Waals surface area (Å²) >= 11 is 0. The van der Waals surface area contributed by atoms with E-state index in [4.69, 9.17) is 4.74 Å². The van der Waals surface area contributed by atoms with Gasteiger partial charge in [0.2, 0.25) is 0 Å². The van der Waals surface area contributed by atoms with Crippen LogP contribution in [0.1, 0.15) is 181 Å². The van der Waals surface area contributed by atoms with Crippen LogP contribution in [-0.4, -0.2) is 48.3 Å². The van der Waals surface area contributed by atoms with Crippen LogP contribution in [0.3, 0.4) is 0 Å². The Morgan fingerprint density at radius 3 is 1.45 bits per heavy atom. The number of carbonyl (C=O) groups excluding carboxylic acids is 1. The lowest BCUT2D eigenvalue weighted by Gasteiger charge is -2.21. The third-order valence-corrected chi connectivity index (χ3v) is 7.91. The fourth-order valence-electron chi connectivity index (χ4n) is 5.36. The number of carbonyl (C=O) groups is 1. The van der Waals surface area contributed by atoms with Crippen LogP contribution in [0.4, 0.5) is 0 Å². The van der Waals surface area contributed by atoms with Gasteiger partial charge in [0.1, 0.15) is 6.10 Å². The van der Waals surface area contributed by atoms with Gasteiger partial charge in [-0.3, -0.25) is 4.79 Å². The molecule has 0 aromatic heterocycles. The fraction of sp³-hybridized carbons (Fsp3) is 0.971. The highest BCUT2D eigenvalue weighted by atomic mass is 16.5. The number of rotatable bonds is 31. The quantitative estimate of drug-likeness (QED) is 0.0703. The minimum atomic E-state index is 0.0376. The molecule has 0 aliphatic carbocycles. The number of hydrogen-bond donors (Lipinski definition) is 1. The first-order valence-electron chi connectivity index (χ1n) is 17.2. The number of nitrogens with zero attached hydrogens (tertiary/aromatic N) is 1. The summed E-state index contributed by atoms with van der Waals surface area (Å²) in [6, 6.07) is 0. The van der Waals surface area contributed by atoms with E-state index < -0.39 is 0 Å². The van der Waals surface area contributed by atoms with Gasteiger partial charge in [0.25, 0.3) is 0 Å². The topological polar surface area (TPSA) is 49.8 Å². The molecule has 38 heavy (non-hydrogen) atoms. The summed E-state index contributed by atoms with van der Waals surface area (Å²) in [5.74, 6) is 0.0376. The van der Waals surface area contributed by atoms with E-state index in [9.17, 15) is 9.90 Å². The molecule has 0 rings (SSSR count). The van der Waals surface area contributed by atoms with Crippen molar-refractivity contribution in [3.8, 4) is 0 Å². The minimum Gasteiger partial charge on any atom is -0.462 e. The highest BCUT2D eigenvalue weighted by Crippen LogP contribution is 2.18. The first kappa shape index (κ1) is 37.4. The first-order chi connectivity index (χ1) is 18.7. The van der Waals surface area contributed by atoms with E-state index in [1.165, 1.54) is 128 Å². The average molecular weight is 540 g/mol. The maximum absolute atomic E-state index is 12.6. The molecule has 0 aromatic carbocycles. The third-order valence-electron chi connectivity index (χ3n) is 7.91. The molecular weight excluding hydrogens is 470 g/mol. The van der Waals surface area contributed by atoms with Gasteiger partial charge in [-0.25, -0.2) is 0 Å². The van der Waals surface area contributed by atoms with Crippen molar-refractivity contribution in [3.05, 3.63) is 0 Å². The van der Waals surface area contributed by atoms with Gasteiger partial charge < -0.3 is 14.7 Å². The lowest BCUT2D eigenvalue weighted by Crippen LogP contribution is -2.29. The minimum absolute atomic E-state index is 0.0376. The lowest BCUT2D eigenvalue weighted by molar-refractivity contribution is -0.150. The van der Waals surface area contributed by atoms with Gasteiger partial charge >= 0.3 is 5.97 Å². The summed E-state index contributed by atoms with van der Waals surface area (Å²) in [4.78, 5) is 15.0. The largest absolute Gasteiger partial charge is 0.462 e. The molecule has 0 radical (unpaired) electrons. The van der Waals surface area contributed by atoms with E-state index in [-0.39, 0.29) is 18.7 Å². The van der Waals surface area contributed by atoms with Crippen molar-refractivity contribution in [2.45, 2.75) is 187 Å². The molecule has 0 amide bonds. The smallest absolute Gasteiger partial charge is 0.306 e. The number of esters is 1. The Hall–Kier alpha value is -0.610. The molecule has 0 aromatic rings. The average Bonchev–Trinajstić information content (AvgIpc) is 2.91. The van der Waals surface area contributed by atoms with E-state index in [2.05, 4.69) is 25.7 Å². The van der Waals surface area contributed by atoms with Crippen LogP contribution >= 0.6 is 0 Å². The van der Waals surface area contributed by atoms with Crippen molar-refractivity contribution in [2.24, 2.45) is 0 Å². The molecule has 1 N–H and O–H groups in total. The zero-order chi connectivity index (χ0) is 27.9. The Morgan fingerprint density at radius 1 is 0.553 bits per heavy atom. The van der Waals surface area contributed by atoms with Crippen LogP contribution in [0.5, 0.6) is 0 Å². The normalized spacial score (nSPS) is 12.3. The summed E-state index contributed by atoms with van der Waals surface area (Å²) in [6.45, 7) is 10.1. The maximum Gasteiger partial charge on any atom is 0.306 e. The van der Waals surface area contributed by atoms with E-state index in [1.807, 2.05) is 0 Å². The highest BCUT2D eigenvalue weighted by Gasteiger charge is 2.14. The zero-order valence-electron chi connectivity index (χ0n) is 26.3. The molecule has 0 spiro atoms. The summed E-state index contributed by atoms with van der Waals surface area (Å²) in [5, 5.41) is 9.29. The van der Waals surface area contributed by atoms with Crippen LogP contribution in [-0.2, 0) is 9.53 Å². The van der Waals surface area contributed by atoms with Crippen LogP contribution in [0.15, 0.2) is 0 Å². The molecule has 0 saturated heterocycles. The monoisotopic (exact) mass is 540 g/mol. The number of unbranched alkanes of at least 4 members (excludes halogenated alkanes) is 18. The van der Waals surface area contributed by atoms with Gasteiger partial charge in [-0.15, -0.1) is 0 Å². The Balaban J connectivity index is 4.03. The molecule has 0 bridgehead atoms. The Morgan fingerprint density at radius 2 is 0.947 bits per heavy atom. The molecule has 4 nitrogen and oxygen atoms in total. The van der Waals surface area contributed by atoms with Gasteiger partial charge in [-0.2, -0.15) is 0 Å². The molecule has 0 fully saturated rings. The van der Waals surface area contributed by atoms with E-state index in [0.29, 0.717) is 6.42 Å². The summed E-state index contributed by atoms with van der Waals surface area (Å²) in [6.07, 6.45) is 30.6. The summed E-state index contributed by atoms with van der Waals surface area (Å²) in [5.41, 5.74) is 0. The van der Waals surface area contributed by atoms with Crippen molar-refractivity contribution in [1.82, 2.24) is 4.90 Å². The number of ether oxygens (including phenoxy) is 1. The standard InChI is InChI=1S/C34H69NO3/c1-4-7-10-12-14-18-22-27-33(26-21-17-13-11-8-5-2)38-34(37)28-23-19-15-16-20-25-30-35(31-32-36)29-24-9-6-3/h33,36H,4-32H2,1-3H3. The molecule has 0 aliphatic heterocycles. The predicted molar refractivity (Wildman–Crippen MR) is 166 cm³/mol. The van der Waals surface area contributed by atoms with Gasteiger partial charge in [0, 0.05) is 13.0 Å². The second-order valence-corrected chi connectivity index (χ2v) is 11.7. The van der Waals surface area contributed by atoms with Gasteiger partial charge in [0.15, 0.2) is 0 Å². The Kier molecular flexibility index (Phi) is 30.4. The highest BCUT2D eigenvalue weighted by molar-refractivity contribution is 5.69. The summed E-state index contributed by atoms with van der Waals surface area (Å²) < 4.78 is 5.99. The second kappa shape index (κ2) is 30.9. The molecule has 0 saturated carbocycles. The molecular formula is C34H69NO3. The molecule has 0 heterocycles. The van der Waals surface area contributed by atoms with Crippen molar-refractivity contribution in [3.63, 3.8) is 0 Å². The fourth-order valence-corrected chi connectivity index (χ4v) is 5.36. The van der Waals surface area contributed by atoms with E-state index >= 15 is 0 Å². The first-order valence-corrected chi connectivity index (χ1v) is 17.2. The molecule has 4 heteroatoms. The summed E-state index contributed by atoms with van der Waals surface area (Å²) in [7, 11) is 0. The van der Waals surface area contributed by atoms with Crippen molar-refractivity contribution < 1.29 is 14.6 Å². The van der Waals surface area contributed by atoms with Gasteiger partial charge in [0.05, 0.1) is 6.61 Å². The SMILES string of the molecule is CCCCCCCCCC(CCCCCCCC)OC(=O)CCCCCCCCN(CCO)CCCCC. The van der Waals surface area contributed by atoms with Crippen molar-refractivity contribution in [2.75, 3.05) is 26.2 Å². The number of aliphatic hydroxyl groups is 1. The maximum atomic E-state index is 12.6. The van der Waals surface area contributed by atoms with Crippen molar-refractivity contribution in [1.29, 1.82) is 0 Å². The Bertz CT molecular complexity index is 471. The third kappa shape index (κ3) is 27.0. The number of hydrogen-bond acceptors (Lipinski definition) is 4. The van der Waals surface area contributed by atoms with E-state index in [1.54, 1.807) is 0 Å². The molecule has 228 valence electrons.